The van der Waals surface area contributed by atoms with Crippen LogP contribution < -0.4 is 10.6 Å². The molecule has 1 aromatic rings. The van der Waals surface area contributed by atoms with E-state index < -0.39 is 11.7 Å². The van der Waals surface area contributed by atoms with Gasteiger partial charge < -0.3 is 15.4 Å². The molecule has 5 nitrogen and oxygen atoms in total. The zero-order chi connectivity index (χ0) is 19.0. The van der Waals surface area contributed by atoms with Crippen molar-refractivity contribution in [1.82, 2.24) is 10.6 Å². The number of carbonyl (C=O) groups is 2. The van der Waals surface area contributed by atoms with Crippen molar-refractivity contribution >= 4 is 12.0 Å². The summed E-state index contributed by atoms with van der Waals surface area (Å²) in [5.41, 5.74) is 1.82. The molecule has 0 aliphatic rings. The van der Waals surface area contributed by atoms with E-state index in [-0.39, 0.29) is 17.9 Å². The molecule has 1 aromatic carbocycles. The Balaban J connectivity index is 2.41. The molecule has 0 fully saturated rings. The van der Waals surface area contributed by atoms with Crippen LogP contribution >= 0.6 is 0 Å². The summed E-state index contributed by atoms with van der Waals surface area (Å²) in [6, 6.07) is 8.02. The number of hydrogen-bond acceptors (Lipinski definition) is 3. The number of rotatable bonds is 7. The summed E-state index contributed by atoms with van der Waals surface area (Å²) in [5.74, 6) is 0.169. The van der Waals surface area contributed by atoms with Crippen molar-refractivity contribution in [3.63, 3.8) is 0 Å². The summed E-state index contributed by atoms with van der Waals surface area (Å²) < 4.78 is 5.28. The van der Waals surface area contributed by atoms with Gasteiger partial charge in [0.2, 0.25) is 5.91 Å². The molecule has 0 aromatic heterocycles. The van der Waals surface area contributed by atoms with Gasteiger partial charge in [0.05, 0.1) is 6.04 Å². The number of aryl methyl sites for hydroxylation is 2. The Morgan fingerprint density at radius 2 is 1.72 bits per heavy atom. The van der Waals surface area contributed by atoms with Crippen LogP contribution in [0.3, 0.4) is 0 Å². The number of alkyl carbamates (subject to hydrolysis) is 1. The number of carbonyl (C=O) groups excluding carboxylic acids is 2. The van der Waals surface area contributed by atoms with E-state index >= 15 is 0 Å². The molecular weight excluding hydrogens is 316 g/mol. The highest BCUT2D eigenvalue weighted by atomic mass is 16.6. The predicted molar refractivity (Wildman–Crippen MR) is 101 cm³/mol. The third kappa shape index (κ3) is 9.13. The summed E-state index contributed by atoms with van der Waals surface area (Å²) in [6.45, 7) is 11.9. The first-order chi connectivity index (χ1) is 11.6. The van der Waals surface area contributed by atoms with Gasteiger partial charge in [-0.2, -0.15) is 0 Å². The Kier molecular flexibility index (Phi) is 7.94. The molecule has 25 heavy (non-hydrogen) atoms. The van der Waals surface area contributed by atoms with E-state index in [0.29, 0.717) is 19.4 Å². The lowest BCUT2D eigenvalue weighted by molar-refractivity contribution is -0.121. The molecule has 0 heterocycles. The Morgan fingerprint density at radius 1 is 1.12 bits per heavy atom. The van der Waals surface area contributed by atoms with Crippen LogP contribution in [0, 0.1) is 12.8 Å². The Bertz CT molecular complexity index is 559. The van der Waals surface area contributed by atoms with Gasteiger partial charge in [-0.1, -0.05) is 43.7 Å². The van der Waals surface area contributed by atoms with Crippen molar-refractivity contribution < 1.29 is 14.3 Å². The van der Waals surface area contributed by atoms with E-state index in [1.165, 1.54) is 5.56 Å². The summed E-state index contributed by atoms with van der Waals surface area (Å²) in [6.07, 6.45) is 0.679. The SMILES string of the molecule is Cc1ccc(CCC(=O)NCC(NC(=O)OC(C)(C)C)C(C)C)cc1. The molecule has 0 bridgehead atoms. The van der Waals surface area contributed by atoms with Gasteiger partial charge in [-0.05, 0) is 45.6 Å². The fourth-order valence-electron chi connectivity index (χ4n) is 2.24. The average molecular weight is 348 g/mol. The molecule has 1 unspecified atom stereocenters. The van der Waals surface area contributed by atoms with Crippen LogP contribution in [0.5, 0.6) is 0 Å². The highest BCUT2D eigenvalue weighted by Crippen LogP contribution is 2.09. The van der Waals surface area contributed by atoms with Gasteiger partial charge in [0.25, 0.3) is 0 Å². The molecule has 0 radical (unpaired) electrons. The first-order valence-corrected chi connectivity index (χ1v) is 8.88. The van der Waals surface area contributed by atoms with E-state index in [4.69, 9.17) is 4.74 Å². The third-order valence-electron chi connectivity index (χ3n) is 3.79. The van der Waals surface area contributed by atoms with Gasteiger partial charge >= 0.3 is 6.09 Å². The predicted octanol–water partition coefficient (Wildman–Crippen LogP) is 3.59. The molecule has 2 N–H and O–H groups in total. The quantitative estimate of drug-likeness (QED) is 0.791. The van der Waals surface area contributed by atoms with Crippen LogP contribution in [0.25, 0.3) is 0 Å². The Morgan fingerprint density at radius 3 is 2.24 bits per heavy atom. The van der Waals surface area contributed by atoms with Crippen molar-refractivity contribution in [2.24, 2.45) is 5.92 Å². The summed E-state index contributed by atoms with van der Waals surface area (Å²) in [7, 11) is 0. The number of ether oxygens (including phenoxy) is 1. The number of hydrogen-bond donors (Lipinski definition) is 2. The Hall–Kier alpha value is -2.04. The third-order valence-corrected chi connectivity index (χ3v) is 3.79. The minimum atomic E-state index is -0.539. The minimum Gasteiger partial charge on any atom is -0.444 e. The summed E-state index contributed by atoms with van der Waals surface area (Å²) >= 11 is 0. The van der Waals surface area contributed by atoms with E-state index in [2.05, 4.69) is 10.6 Å². The van der Waals surface area contributed by atoms with Crippen LogP contribution in [-0.2, 0) is 16.0 Å². The van der Waals surface area contributed by atoms with Gasteiger partial charge in [0, 0.05) is 13.0 Å². The molecule has 0 aliphatic heterocycles. The molecule has 0 saturated carbocycles. The van der Waals surface area contributed by atoms with Crippen LogP contribution in [-0.4, -0.2) is 30.2 Å². The normalized spacial score (nSPS) is 12.6. The molecule has 0 aliphatic carbocycles. The molecular formula is C20H32N2O3. The smallest absolute Gasteiger partial charge is 0.407 e. The zero-order valence-electron chi connectivity index (χ0n) is 16.3. The highest BCUT2D eigenvalue weighted by Gasteiger charge is 2.21. The molecule has 2 amide bonds. The molecule has 1 atom stereocenters. The van der Waals surface area contributed by atoms with Crippen molar-refractivity contribution in [1.29, 1.82) is 0 Å². The lowest BCUT2D eigenvalue weighted by Crippen LogP contribution is -2.48. The van der Waals surface area contributed by atoms with Gasteiger partial charge in [-0.3, -0.25) is 4.79 Å². The lowest BCUT2D eigenvalue weighted by Gasteiger charge is -2.26. The topological polar surface area (TPSA) is 67.4 Å². The summed E-state index contributed by atoms with van der Waals surface area (Å²) in [4.78, 5) is 24.0. The number of nitrogens with one attached hydrogen (secondary N) is 2. The molecule has 1 rings (SSSR count). The second kappa shape index (κ2) is 9.44. The van der Waals surface area contributed by atoms with E-state index in [9.17, 15) is 9.59 Å². The fourth-order valence-corrected chi connectivity index (χ4v) is 2.24. The molecule has 0 saturated heterocycles. The zero-order valence-corrected chi connectivity index (χ0v) is 16.3. The van der Waals surface area contributed by atoms with Crippen molar-refractivity contribution in [2.75, 3.05) is 6.54 Å². The van der Waals surface area contributed by atoms with Crippen LogP contribution in [0.4, 0.5) is 4.79 Å². The van der Waals surface area contributed by atoms with Crippen LogP contribution in [0.2, 0.25) is 0 Å². The van der Waals surface area contributed by atoms with Gasteiger partial charge in [-0.25, -0.2) is 4.79 Å². The van der Waals surface area contributed by atoms with Gasteiger partial charge in [-0.15, -0.1) is 0 Å². The maximum absolute atomic E-state index is 12.1. The fraction of sp³-hybridized carbons (Fsp3) is 0.600. The van der Waals surface area contributed by atoms with Crippen molar-refractivity contribution in [2.45, 2.75) is 66.0 Å². The van der Waals surface area contributed by atoms with Crippen LogP contribution in [0.15, 0.2) is 24.3 Å². The van der Waals surface area contributed by atoms with E-state index in [0.717, 1.165) is 5.56 Å². The largest absolute Gasteiger partial charge is 0.444 e. The monoisotopic (exact) mass is 348 g/mol. The lowest BCUT2D eigenvalue weighted by atomic mass is 10.0. The maximum atomic E-state index is 12.1. The average Bonchev–Trinajstić information content (AvgIpc) is 2.48. The Labute approximate surface area is 151 Å². The first-order valence-electron chi connectivity index (χ1n) is 8.88. The maximum Gasteiger partial charge on any atom is 0.407 e. The molecule has 140 valence electrons. The van der Waals surface area contributed by atoms with Gasteiger partial charge in [0.15, 0.2) is 0 Å². The van der Waals surface area contributed by atoms with E-state index in [1.54, 1.807) is 0 Å². The number of amides is 2. The van der Waals surface area contributed by atoms with E-state index in [1.807, 2.05) is 65.8 Å². The summed E-state index contributed by atoms with van der Waals surface area (Å²) in [5, 5.41) is 5.74. The minimum absolute atomic E-state index is 0.0165. The molecule has 5 heteroatoms. The van der Waals surface area contributed by atoms with Gasteiger partial charge in [0.1, 0.15) is 5.60 Å². The second-order valence-electron chi connectivity index (χ2n) is 7.79. The van der Waals surface area contributed by atoms with Crippen molar-refractivity contribution in [3.05, 3.63) is 35.4 Å². The number of benzene rings is 1. The van der Waals surface area contributed by atoms with Crippen molar-refractivity contribution in [3.8, 4) is 0 Å². The standard InChI is InChI=1S/C20H32N2O3/c1-14(2)17(22-19(24)25-20(4,5)6)13-21-18(23)12-11-16-9-7-15(3)8-10-16/h7-10,14,17H,11-13H2,1-6H3,(H,21,23)(H,22,24). The second-order valence-corrected chi connectivity index (χ2v) is 7.79. The molecule has 0 spiro atoms. The van der Waals surface area contributed by atoms with Crippen LogP contribution in [0.1, 0.15) is 52.2 Å². The highest BCUT2D eigenvalue weighted by molar-refractivity contribution is 5.76. The first kappa shape index (κ1) is 21.0.